The molecule has 0 radical (unpaired) electrons. The van der Waals surface area contributed by atoms with Crippen LogP contribution in [0.1, 0.15) is 30.5 Å². The summed E-state index contributed by atoms with van der Waals surface area (Å²) in [5, 5.41) is 10.5. The lowest BCUT2D eigenvalue weighted by Gasteiger charge is -2.12. The molecule has 0 aliphatic carbocycles. The first-order chi connectivity index (χ1) is 12.7. The van der Waals surface area contributed by atoms with Gasteiger partial charge in [-0.15, -0.1) is 0 Å². The van der Waals surface area contributed by atoms with Crippen LogP contribution < -0.4 is 4.74 Å². The highest BCUT2D eigenvalue weighted by Crippen LogP contribution is 2.24. The summed E-state index contributed by atoms with van der Waals surface area (Å²) in [7, 11) is 0. The van der Waals surface area contributed by atoms with Gasteiger partial charge in [-0.3, -0.25) is 4.79 Å². The van der Waals surface area contributed by atoms with Crippen molar-refractivity contribution in [2.24, 2.45) is 0 Å². The van der Waals surface area contributed by atoms with Crippen LogP contribution in [-0.4, -0.2) is 16.1 Å². The van der Waals surface area contributed by atoms with Gasteiger partial charge in [0.2, 0.25) is 0 Å². The molecule has 4 heteroatoms. The van der Waals surface area contributed by atoms with Crippen molar-refractivity contribution in [3.8, 4) is 5.75 Å². The Hall–Kier alpha value is -3.14. The zero-order valence-electron chi connectivity index (χ0n) is 14.6. The molecule has 1 heterocycles. The maximum atomic E-state index is 11.4. The third-order valence-corrected chi connectivity index (χ3v) is 4.23. The van der Waals surface area contributed by atoms with E-state index in [0.29, 0.717) is 18.8 Å². The molecule has 0 aliphatic heterocycles. The van der Waals surface area contributed by atoms with Gasteiger partial charge in [0.05, 0.1) is 17.1 Å². The number of fused-ring (bicyclic) bond motifs is 1. The number of pyridine rings is 1. The van der Waals surface area contributed by atoms with Crippen LogP contribution >= 0.6 is 0 Å². The van der Waals surface area contributed by atoms with E-state index in [1.54, 1.807) is 0 Å². The van der Waals surface area contributed by atoms with E-state index in [9.17, 15) is 9.90 Å². The zero-order chi connectivity index (χ0) is 18.4. The van der Waals surface area contributed by atoms with Crippen LogP contribution in [0.4, 0.5) is 0 Å². The van der Waals surface area contributed by atoms with Crippen molar-refractivity contribution in [1.29, 1.82) is 0 Å². The molecule has 1 unspecified atom stereocenters. The summed E-state index contributed by atoms with van der Waals surface area (Å²) in [6.45, 7) is 2.25. The summed E-state index contributed by atoms with van der Waals surface area (Å²) < 4.78 is 5.79. The molecule has 0 saturated heterocycles. The zero-order valence-corrected chi connectivity index (χ0v) is 14.6. The summed E-state index contributed by atoms with van der Waals surface area (Å²) >= 11 is 0. The van der Waals surface area contributed by atoms with Crippen molar-refractivity contribution in [3.05, 3.63) is 84.1 Å². The molecule has 3 aromatic rings. The fourth-order valence-electron chi connectivity index (χ4n) is 2.79. The lowest BCUT2D eigenvalue weighted by molar-refractivity contribution is -0.138. The minimum atomic E-state index is -0.822. The minimum absolute atomic E-state index is 0.366. The average Bonchev–Trinajstić information content (AvgIpc) is 2.67. The van der Waals surface area contributed by atoms with E-state index in [0.717, 1.165) is 22.2 Å². The number of rotatable bonds is 7. The molecule has 0 spiro atoms. The minimum Gasteiger partial charge on any atom is -0.487 e. The summed E-state index contributed by atoms with van der Waals surface area (Å²) in [4.78, 5) is 16.0. The predicted octanol–water partition coefficient (Wildman–Crippen LogP) is 4.95. The van der Waals surface area contributed by atoms with Crippen molar-refractivity contribution in [1.82, 2.24) is 4.98 Å². The third-order valence-electron chi connectivity index (χ3n) is 4.23. The molecular formula is C22H21NO3. The molecule has 0 amide bonds. The second-order valence-electron chi connectivity index (χ2n) is 6.05. The Morgan fingerprint density at radius 1 is 1.12 bits per heavy atom. The van der Waals surface area contributed by atoms with Gasteiger partial charge in [0, 0.05) is 5.39 Å². The van der Waals surface area contributed by atoms with Crippen molar-refractivity contribution in [2.75, 3.05) is 0 Å². The summed E-state index contributed by atoms with van der Waals surface area (Å²) in [5.74, 6) is -0.668. The monoisotopic (exact) mass is 347 g/mol. The Balaban J connectivity index is 1.67. The predicted molar refractivity (Wildman–Crippen MR) is 102 cm³/mol. The van der Waals surface area contributed by atoms with Crippen LogP contribution in [0.5, 0.6) is 5.75 Å². The standard InChI is InChI=1S/C22H21NO3/c1-2-3-7-20(22(24)25)16-10-13-19(14-11-16)26-15-18-12-9-17-6-4-5-8-21(17)23-18/h2-6,8-14,20H,7,15H2,1H3,(H,24,25). The van der Waals surface area contributed by atoms with Crippen LogP contribution in [0.3, 0.4) is 0 Å². The van der Waals surface area contributed by atoms with E-state index in [1.165, 1.54) is 0 Å². The van der Waals surface area contributed by atoms with Crippen molar-refractivity contribution in [3.63, 3.8) is 0 Å². The number of carbonyl (C=O) groups is 1. The van der Waals surface area contributed by atoms with Gasteiger partial charge in [0.15, 0.2) is 0 Å². The van der Waals surface area contributed by atoms with E-state index < -0.39 is 11.9 Å². The molecule has 0 fully saturated rings. The summed E-state index contributed by atoms with van der Waals surface area (Å²) in [6.07, 6.45) is 4.21. The Kier molecular flexibility index (Phi) is 5.64. The smallest absolute Gasteiger partial charge is 0.311 e. The molecule has 26 heavy (non-hydrogen) atoms. The van der Waals surface area contributed by atoms with Crippen LogP contribution in [0.25, 0.3) is 10.9 Å². The number of nitrogens with zero attached hydrogens (tertiary/aromatic N) is 1. The summed E-state index contributed by atoms with van der Waals surface area (Å²) in [6, 6.07) is 19.2. The van der Waals surface area contributed by atoms with Gasteiger partial charge >= 0.3 is 5.97 Å². The van der Waals surface area contributed by atoms with Gasteiger partial charge in [-0.2, -0.15) is 0 Å². The fraction of sp³-hybridized carbons (Fsp3) is 0.182. The Bertz CT molecular complexity index is 916. The van der Waals surface area contributed by atoms with Gasteiger partial charge in [-0.1, -0.05) is 48.6 Å². The van der Waals surface area contributed by atoms with Gasteiger partial charge in [0.25, 0.3) is 0 Å². The van der Waals surface area contributed by atoms with Crippen LogP contribution in [0.2, 0.25) is 0 Å². The molecule has 2 aromatic carbocycles. The quantitative estimate of drug-likeness (QED) is 0.615. The average molecular weight is 347 g/mol. The number of aliphatic carboxylic acids is 1. The number of allylic oxidation sites excluding steroid dienone is 2. The largest absolute Gasteiger partial charge is 0.487 e. The SMILES string of the molecule is CC=CCC(C(=O)O)c1ccc(OCc2ccc3ccccc3n2)cc1. The van der Waals surface area contributed by atoms with Crippen molar-refractivity contribution >= 4 is 16.9 Å². The molecule has 1 N–H and O–H groups in total. The summed E-state index contributed by atoms with van der Waals surface area (Å²) in [5.41, 5.74) is 2.56. The maximum Gasteiger partial charge on any atom is 0.311 e. The highest BCUT2D eigenvalue weighted by atomic mass is 16.5. The van der Waals surface area contributed by atoms with Gasteiger partial charge in [-0.25, -0.2) is 4.98 Å². The number of carboxylic acids is 1. The number of carboxylic acid groups (broad SMARTS) is 1. The number of para-hydroxylation sites is 1. The van der Waals surface area contributed by atoms with Crippen LogP contribution in [0.15, 0.2) is 72.8 Å². The molecular weight excluding hydrogens is 326 g/mol. The molecule has 0 bridgehead atoms. The number of aromatic nitrogens is 1. The fourth-order valence-corrected chi connectivity index (χ4v) is 2.79. The van der Waals surface area contributed by atoms with E-state index in [2.05, 4.69) is 4.98 Å². The lowest BCUT2D eigenvalue weighted by Crippen LogP contribution is -2.10. The highest BCUT2D eigenvalue weighted by Gasteiger charge is 2.18. The Morgan fingerprint density at radius 3 is 2.62 bits per heavy atom. The van der Waals surface area contributed by atoms with E-state index in [4.69, 9.17) is 4.74 Å². The Morgan fingerprint density at radius 2 is 1.88 bits per heavy atom. The first kappa shape index (κ1) is 17.7. The van der Waals surface area contributed by atoms with E-state index in [1.807, 2.05) is 79.7 Å². The van der Waals surface area contributed by atoms with Gasteiger partial charge in [0.1, 0.15) is 12.4 Å². The molecule has 3 rings (SSSR count). The first-order valence-electron chi connectivity index (χ1n) is 8.59. The van der Waals surface area contributed by atoms with Crippen molar-refractivity contribution in [2.45, 2.75) is 25.9 Å². The van der Waals surface area contributed by atoms with Crippen LogP contribution in [0, 0.1) is 0 Å². The molecule has 1 aromatic heterocycles. The van der Waals surface area contributed by atoms with Crippen LogP contribution in [-0.2, 0) is 11.4 Å². The number of benzene rings is 2. The molecule has 132 valence electrons. The molecule has 4 nitrogen and oxygen atoms in total. The third kappa shape index (κ3) is 4.28. The van der Waals surface area contributed by atoms with Crippen molar-refractivity contribution < 1.29 is 14.6 Å². The number of hydrogen-bond acceptors (Lipinski definition) is 3. The van der Waals surface area contributed by atoms with Gasteiger partial charge < -0.3 is 9.84 Å². The second kappa shape index (κ2) is 8.30. The molecule has 0 saturated carbocycles. The second-order valence-corrected chi connectivity index (χ2v) is 6.05. The van der Waals surface area contributed by atoms with E-state index in [-0.39, 0.29) is 0 Å². The molecule has 0 aliphatic rings. The first-order valence-corrected chi connectivity index (χ1v) is 8.59. The number of ether oxygens (including phenoxy) is 1. The van der Waals surface area contributed by atoms with E-state index >= 15 is 0 Å². The topological polar surface area (TPSA) is 59.4 Å². The normalized spacial score (nSPS) is 12.3. The highest BCUT2D eigenvalue weighted by molar-refractivity contribution is 5.78. The Labute approximate surface area is 152 Å². The number of hydrogen-bond donors (Lipinski definition) is 1. The maximum absolute atomic E-state index is 11.4. The van der Waals surface area contributed by atoms with Gasteiger partial charge in [-0.05, 0) is 43.2 Å². The lowest BCUT2D eigenvalue weighted by atomic mass is 9.95. The molecule has 1 atom stereocenters.